The number of carboxylic acid groups (broad SMARTS) is 1. The lowest BCUT2D eigenvalue weighted by molar-refractivity contribution is -0.138. The molecule has 5 heteroatoms. The monoisotopic (exact) mass is 328 g/mol. The molecule has 0 spiro atoms. The Kier molecular flexibility index (Phi) is 5.93. The van der Waals surface area contributed by atoms with Gasteiger partial charge < -0.3 is 10.4 Å². The van der Waals surface area contributed by atoms with Crippen LogP contribution in [0.25, 0.3) is 10.8 Å². The van der Waals surface area contributed by atoms with Crippen LogP contribution in [0.4, 0.5) is 0 Å². The average molecular weight is 328 g/mol. The maximum absolute atomic E-state index is 12.4. The Morgan fingerprint density at radius 1 is 1.12 bits per heavy atom. The average Bonchev–Trinajstić information content (AvgIpc) is 2.58. The van der Waals surface area contributed by atoms with Gasteiger partial charge in [-0.15, -0.1) is 0 Å². The van der Waals surface area contributed by atoms with E-state index in [4.69, 9.17) is 5.11 Å². The van der Waals surface area contributed by atoms with Gasteiger partial charge in [-0.2, -0.15) is 0 Å². The molecule has 2 aromatic rings. The third-order valence-corrected chi connectivity index (χ3v) is 4.37. The summed E-state index contributed by atoms with van der Waals surface area (Å²) in [5.74, 6) is -0.970. The first-order chi connectivity index (χ1) is 11.4. The van der Waals surface area contributed by atoms with E-state index in [9.17, 15) is 9.59 Å². The van der Waals surface area contributed by atoms with E-state index in [-0.39, 0.29) is 24.4 Å². The van der Waals surface area contributed by atoms with E-state index in [0.29, 0.717) is 6.54 Å². The first-order valence-corrected chi connectivity index (χ1v) is 8.10. The van der Waals surface area contributed by atoms with Gasteiger partial charge in [-0.3, -0.25) is 14.5 Å². The second-order valence-corrected chi connectivity index (χ2v) is 6.10. The topological polar surface area (TPSA) is 69.6 Å². The lowest BCUT2D eigenvalue weighted by Gasteiger charge is -2.25. The molecule has 1 amide bonds. The van der Waals surface area contributed by atoms with Crippen LogP contribution in [0, 0.1) is 0 Å². The molecule has 0 saturated carbocycles. The maximum atomic E-state index is 12.4. The molecule has 24 heavy (non-hydrogen) atoms. The molecule has 2 unspecified atom stereocenters. The number of carbonyl (C=O) groups excluding carboxylic acids is 1. The van der Waals surface area contributed by atoms with E-state index in [1.54, 1.807) is 18.9 Å². The highest BCUT2D eigenvalue weighted by molar-refractivity contribution is 5.87. The minimum atomic E-state index is -0.862. The first-order valence-electron chi connectivity index (χ1n) is 8.10. The zero-order valence-electron chi connectivity index (χ0n) is 14.3. The van der Waals surface area contributed by atoms with Crippen LogP contribution in [0.1, 0.15) is 31.9 Å². The number of carbonyl (C=O) groups is 2. The highest BCUT2D eigenvalue weighted by Gasteiger charge is 2.21. The Morgan fingerprint density at radius 3 is 2.50 bits per heavy atom. The smallest absolute Gasteiger partial charge is 0.304 e. The van der Waals surface area contributed by atoms with Gasteiger partial charge in [0, 0.05) is 6.54 Å². The zero-order valence-corrected chi connectivity index (χ0v) is 14.3. The fraction of sp³-hybridized carbons (Fsp3) is 0.368. The Hall–Kier alpha value is -2.40. The van der Waals surface area contributed by atoms with Gasteiger partial charge in [-0.1, -0.05) is 42.5 Å². The van der Waals surface area contributed by atoms with Gasteiger partial charge in [0.05, 0.1) is 18.5 Å². The summed E-state index contributed by atoms with van der Waals surface area (Å²) in [7, 11) is 1.76. The number of aliphatic carboxylic acids is 1. The van der Waals surface area contributed by atoms with Crippen LogP contribution in [0.15, 0.2) is 42.5 Å². The molecule has 2 N–H and O–H groups in total. The van der Waals surface area contributed by atoms with E-state index in [0.717, 1.165) is 16.3 Å². The molecule has 5 nitrogen and oxygen atoms in total. The molecular weight excluding hydrogens is 304 g/mol. The molecule has 2 aromatic carbocycles. The molecule has 0 aliphatic carbocycles. The summed E-state index contributed by atoms with van der Waals surface area (Å²) in [4.78, 5) is 24.9. The highest BCUT2D eigenvalue weighted by Crippen LogP contribution is 2.24. The maximum Gasteiger partial charge on any atom is 0.304 e. The highest BCUT2D eigenvalue weighted by atomic mass is 16.4. The summed E-state index contributed by atoms with van der Waals surface area (Å²) in [5, 5.41) is 14.0. The summed E-state index contributed by atoms with van der Waals surface area (Å²) in [6.07, 6.45) is 0.0208. The van der Waals surface area contributed by atoms with Gasteiger partial charge in [0.25, 0.3) is 0 Å². The van der Waals surface area contributed by atoms with Gasteiger partial charge in [-0.05, 0) is 37.2 Å². The molecule has 0 fully saturated rings. The number of nitrogens with zero attached hydrogens (tertiary/aromatic N) is 1. The number of nitrogens with one attached hydrogen (secondary N) is 1. The molecular formula is C19H24N2O3. The molecule has 0 heterocycles. The predicted octanol–water partition coefficient (Wildman–Crippen LogP) is 2.81. The van der Waals surface area contributed by atoms with Crippen molar-refractivity contribution in [2.24, 2.45) is 0 Å². The summed E-state index contributed by atoms with van der Waals surface area (Å²) in [6, 6.07) is 13.6. The van der Waals surface area contributed by atoms with Crippen LogP contribution in [0.2, 0.25) is 0 Å². The number of benzene rings is 2. The van der Waals surface area contributed by atoms with Crippen LogP contribution < -0.4 is 5.32 Å². The van der Waals surface area contributed by atoms with Crippen molar-refractivity contribution < 1.29 is 14.7 Å². The van der Waals surface area contributed by atoms with Crippen molar-refractivity contribution in [2.75, 3.05) is 13.6 Å². The Bertz CT molecular complexity index is 724. The summed E-state index contributed by atoms with van der Waals surface area (Å²) in [6.45, 7) is 4.09. The number of fused-ring (bicyclic) bond motifs is 1. The number of hydrogen-bond donors (Lipinski definition) is 2. The van der Waals surface area contributed by atoms with Crippen LogP contribution in [-0.4, -0.2) is 41.5 Å². The number of hydrogen-bond acceptors (Lipinski definition) is 3. The van der Waals surface area contributed by atoms with Crippen molar-refractivity contribution in [2.45, 2.75) is 32.4 Å². The number of likely N-dealkylation sites (N-methyl/N-ethyl adjacent to an activating group) is 1. The van der Waals surface area contributed by atoms with Crippen LogP contribution in [0.3, 0.4) is 0 Å². The van der Waals surface area contributed by atoms with Crippen molar-refractivity contribution in [1.29, 1.82) is 0 Å². The van der Waals surface area contributed by atoms with Gasteiger partial charge in [0.15, 0.2) is 0 Å². The number of rotatable bonds is 7. The van der Waals surface area contributed by atoms with Gasteiger partial charge in [0.2, 0.25) is 5.91 Å². The van der Waals surface area contributed by atoms with Crippen molar-refractivity contribution >= 4 is 22.6 Å². The summed E-state index contributed by atoms with van der Waals surface area (Å²) >= 11 is 0. The first kappa shape index (κ1) is 17.9. The molecule has 0 bridgehead atoms. The van der Waals surface area contributed by atoms with Crippen LogP contribution in [-0.2, 0) is 9.59 Å². The summed E-state index contributed by atoms with van der Waals surface area (Å²) < 4.78 is 0. The fourth-order valence-corrected chi connectivity index (χ4v) is 2.71. The third-order valence-electron chi connectivity index (χ3n) is 4.37. The van der Waals surface area contributed by atoms with Crippen molar-refractivity contribution in [3.63, 3.8) is 0 Å². The standard InChI is InChI=1S/C19H24N2O3/c1-13(16-10-6-8-15-7-4-5-9-17(15)16)20-19(24)14(2)21(3)12-11-18(22)23/h4-10,13-14H,11-12H2,1-3H3,(H,20,24)(H,22,23). The van der Waals surface area contributed by atoms with Crippen molar-refractivity contribution in [1.82, 2.24) is 10.2 Å². The second-order valence-electron chi connectivity index (χ2n) is 6.10. The van der Waals surface area contributed by atoms with Crippen molar-refractivity contribution in [3.05, 3.63) is 48.0 Å². The predicted molar refractivity (Wildman–Crippen MR) is 94.9 cm³/mol. The van der Waals surface area contributed by atoms with E-state index in [1.807, 2.05) is 31.2 Å². The van der Waals surface area contributed by atoms with Gasteiger partial charge in [-0.25, -0.2) is 0 Å². The SMILES string of the molecule is CC(NC(=O)C(C)N(C)CCC(=O)O)c1cccc2ccccc12. The lowest BCUT2D eigenvalue weighted by Crippen LogP contribution is -2.44. The third kappa shape index (κ3) is 4.32. The van der Waals surface area contributed by atoms with E-state index < -0.39 is 5.97 Å². The second kappa shape index (κ2) is 7.93. The number of amides is 1. The van der Waals surface area contributed by atoms with E-state index in [2.05, 4.69) is 23.5 Å². The molecule has 0 saturated heterocycles. The Balaban J connectivity index is 2.06. The quantitative estimate of drug-likeness (QED) is 0.820. The molecule has 0 aromatic heterocycles. The number of carboxylic acids is 1. The van der Waals surface area contributed by atoms with Crippen molar-refractivity contribution in [3.8, 4) is 0 Å². The van der Waals surface area contributed by atoms with Crippen LogP contribution in [0.5, 0.6) is 0 Å². The summed E-state index contributed by atoms with van der Waals surface area (Å²) in [5.41, 5.74) is 1.07. The van der Waals surface area contributed by atoms with Gasteiger partial charge >= 0.3 is 5.97 Å². The van der Waals surface area contributed by atoms with E-state index >= 15 is 0 Å². The molecule has 0 aliphatic rings. The fourth-order valence-electron chi connectivity index (χ4n) is 2.71. The van der Waals surface area contributed by atoms with Crippen LogP contribution >= 0.6 is 0 Å². The van der Waals surface area contributed by atoms with E-state index in [1.165, 1.54) is 0 Å². The lowest BCUT2D eigenvalue weighted by atomic mass is 9.99. The van der Waals surface area contributed by atoms with Gasteiger partial charge in [0.1, 0.15) is 0 Å². The minimum absolute atomic E-state index is 0.0208. The largest absolute Gasteiger partial charge is 0.481 e. The molecule has 128 valence electrons. The molecule has 2 rings (SSSR count). The Morgan fingerprint density at radius 2 is 1.79 bits per heavy atom. The molecule has 2 atom stereocenters. The normalized spacial score (nSPS) is 13.7. The molecule has 0 aliphatic heterocycles. The molecule has 0 radical (unpaired) electrons. The Labute approximate surface area is 142 Å². The zero-order chi connectivity index (χ0) is 17.7. The minimum Gasteiger partial charge on any atom is -0.481 e.